The molecule has 3 heteroatoms. The summed E-state index contributed by atoms with van der Waals surface area (Å²) in [7, 11) is 0. The van der Waals surface area contributed by atoms with Crippen LogP contribution in [0.5, 0.6) is 5.75 Å². The number of amides is 1. The monoisotopic (exact) mass is 297 g/mol. The third kappa shape index (κ3) is 3.88. The highest BCUT2D eigenvalue weighted by molar-refractivity contribution is 5.94. The molecule has 1 atom stereocenters. The first-order chi connectivity index (χ1) is 10.5. The lowest BCUT2D eigenvalue weighted by atomic mass is 10.00. The van der Waals surface area contributed by atoms with Crippen LogP contribution in [0.15, 0.2) is 42.5 Å². The number of benzene rings is 2. The van der Waals surface area contributed by atoms with E-state index >= 15 is 0 Å². The minimum absolute atomic E-state index is 0.0287. The quantitative estimate of drug-likeness (QED) is 0.898. The fraction of sp³-hybridized carbons (Fsp3) is 0.316. The van der Waals surface area contributed by atoms with Crippen molar-refractivity contribution in [3.05, 3.63) is 64.7 Å². The molecule has 0 aliphatic heterocycles. The fourth-order valence-electron chi connectivity index (χ4n) is 2.45. The maximum Gasteiger partial charge on any atom is 0.251 e. The zero-order chi connectivity index (χ0) is 16.1. The molecule has 0 aliphatic carbocycles. The van der Waals surface area contributed by atoms with Gasteiger partial charge in [0.1, 0.15) is 5.75 Å². The molecule has 2 rings (SSSR count). The van der Waals surface area contributed by atoms with Crippen molar-refractivity contribution in [3.8, 4) is 5.75 Å². The normalized spacial score (nSPS) is 11.8. The second-order valence-electron chi connectivity index (χ2n) is 5.51. The van der Waals surface area contributed by atoms with Gasteiger partial charge in [-0.1, -0.05) is 23.8 Å². The second kappa shape index (κ2) is 7.12. The Morgan fingerprint density at radius 2 is 1.82 bits per heavy atom. The lowest BCUT2D eigenvalue weighted by molar-refractivity contribution is 0.0940. The summed E-state index contributed by atoms with van der Waals surface area (Å²) in [6, 6.07) is 13.5. The molecular formula is C19H23NO2. The van der Waals surface area contributed by atoms with Crippen molar-refractivity contribution in [1.29, 1.82) is 0 Å². The molecule has 1 amide bonds. The topological polar surface area (TPSA) is 38.3 Å². The van der Waals surface area contributed by atoms with Crippen molar-refractivity contribution in [1.82, 2.24) is 5.32 Å². The van der Waals surface area contributed by atoms with Crippen LogP contribution in [0.3, 0.4) is 0 Å². The molecule has 2 aromatic rings. The zero-order valence-corrected chi connectivity index (χ0v) is 13.6. The number of ether oxygens (including phenoxy) is 1. The Kier molecular flexibility index (Phi) is 5.21. The van der Waals surface area contributed by atoms with Crippen LogP contribution in [0.4, 0.5) is 0 Å². The highest BCUT2D eigenvalue weighted by Crippen LogP contribution is 2.20. The molecule has 22 heavy (non-hydrogen) atoms. The summed E-state index contributed by atoms with van der Waals surface area (Å²) >= 11 is 0. The first-order valence-electron chi connectivity index (χ1n) is 7.62. The molecule has 0 heterocycles. The Morgan fingerprint density at radius 1 is 1.14 bits per heavy atom. The first-order valence-corrected chi connectivity index (χ1v) is 7.62. The van der Waals surface area contributed by atoms with Gasteiger partial charge in [-0.3, -0.25) is 4.79 Å². The zero-order valence-electron chi connectivity index (χ0n) is 13.6. The Morgan fingerprint density at radius 3 is 2.45 bits per heavy atom. The number of nitrogens with one attached hydrogen (secondary N) is 1. The van der Waals surface area contributed by atoms with Crippen molar-refractivity contribution in [2.24, 2.45) is 0 Å². The Bertz CT molecular complexity index is 647. The van der Waals surface area contributed by atoms with Crippen LogP contribution in [0, 0.1) is 13.8 Å². The van der Waals surface area contributed by atoms with E-state index in [9.17, 15) is 4.79 Å². The van der Waals surface area contributed by atoms with Gasteiger partial charge in [-0.2, -0.15) is 0 Å². The highest BCUT2D eigenvalue weighted by atomic mass is 16.5. The van der Waals surface area contributed by atoms with Crippen LogP contribution in [0.1, 0.15) is 46.9 Å². The molecule has 0 saturated heterocycles. The molecule has 0 radical (unpaired) electrons. The number of hydrogen-bond acceptors (Lipinski definition) is 2. The lowest BCUT2D eigenvalue weighted by Gasteiger charge is -2.17. The van der Waals surface area contributed by atoms with E-state index in [2.05, 4.69) is 37.4 Å². The summed E-state index contributed by atoms with van der Waals surface area (Å²) in [4.78, 5) is 12.3. The van der Waals surface area contributed by atoms with E-state index in [1.807, 2.05) is 26.0 Å². The average molecular weight is 297 g/mol. The predicted octanol–water partition coefficient (Wildman–Crippen LogP) is 4.19. The molecule has 0 saturated carbocycles. The van der Waals surface area contributed by atoms with Crippen LogP contribution < -0.4 is 10.1 Å². The molecule has 0 aliphatic rings. The lowest BCUT2D eigenvalue weighted by Crippen LogP contribution is -2.27. The van der Waals surface area contributed by atoms with Gasteiger partial charge in [0.2, 0.25) is 0 Å². The van der Waals surface area contributed by atoms with Gasteiger partial charge in [0.15, 0.2) is 0 Å². The Balaban J connectivity index is 2.09. The van der Waals surface area contributed by atoms with Gasteiger partial charge in [0, 0.05) is 5.56 Å². The highest BCUT2D eigenvalue weighted by Gasteiger charge is 2.13. The van der Waals surface area contributed by atoms with E-state index in [4.69, 9.17) is 4.74 Å². The standard InChI is InChI=1S/C19H23NO2/c1-5-22-17-10-8-16(9-11-17)19(21)20-15(4)18-12-13(2)6-7-14(18)3/h6-12,15H,5H2,1-4H3,(H,20,21)/t15-/m0/s1. The third-order valence-corrected chi connectivity index (χ3v) is 3.68. The summed E-state index contributed by atoms with van der Waals surface area (Å²) in [5.74, 6) is 0.707. The number of aryl methyl sites for hydroxylation is 2. The maximum atomic E-state index is 12.3. The van der Waals surface area contributed by atoms with E-state index < -0.39 is 0 Å². The minimum Gasteiger partial charge on any atom is -0.494 e. The second-order valence-corrected chi connectivity index (χ2v) is 5.51. The molecule has 116 valence electrons. The van der Waals surface area contributed by atoms with E-state index in [-0.39, 0.29) is 11.9 Å². The van der Waals surface area contributed by atoms with Crippen LogP contribution in [0.2, 0.25) is 0 Å². The molecule has 0 bridgehead atoms. The fourth-order valence-corrected chi connectivity index (χ4v) is 2.45. The van der Waals surface area contributed by atoms with Crippen molar-refractivity contribution in [2.45, 2.75) is 33.7 Å². The molecule has 0 fully saturated rings. The largest absolute Gasteiger partial charge is 0.494 e. The summed E-state index contributed by atoms with van der Waals surface area (Å²) < 4.78 is 5.39. The molecule has 1 N–H and O–H groups in total. The van der Waals surface area contributed by atoms with E-state index in [0.29, 0.717) is 12.2 Å². The molecule has 2 aromatic carbocycles. The molecule has 3 nitrogen and oxygen atoms in total. The molecular weight excluding hydrogens is 274 g/mol. The van der Waals surface area contributed by atoms with Crippen LogP contribution in [0.25, 0.3) is 0 Å². The summed E-state index contributed by atoms with van der Waals surface area (Å²) in [5, 5.41) is 3.05. The Labute approximate surface area is 132 Å². The van der Waals surface area contributed by atoms with Crippen LogP contribution in [-0.4, -0.2) is 12.5 Å². The van der Waals surface area contributed by atoms with Crippen molar-refractivity contribution in [3.63, 3.8) is 0 Å². The van der Waals surface area contributed by atoms with Gasteiger partial charge in [0.05, 0.1) is 12.6 Å². The SMILES string of the molecule is CCOc1ccc(C(=O)N[C@@H](C)c2cc(C)ccc2C)cc1. The smallest absolute Gasteiger partial charge is 0.251 e. The minimum atomic E-state index is -0.0727. The van der Waals surface area contributed by atoms with Gasteiger partial charge >= 0.3 is 0 Å². The third-order valence-electron chi connectivity index (χ3n) is 3.68. The number of rotatable bonds is 5. The van der Waals surface area contributed by atoms with Crippen molar-refractivity contribution in [2.75, 3.05) is 6.61 Å². The van der Waals surface area contributed by atoms with Gasteiger partial charge in [-0.25, -0.2) is 0 Å². The van der Waals surface area contributed by atoms with Gasteiger partial charge < -0.3 is 10.1 Å². The van der Waals surface area contributed by atoms with E-state index in [1.54, 1.807) is 12.1 Å². The van der Waals surface area contributed by atoms with E-state index in [1.165, 1.54) is 11.1 Å². The Hall–Kier alpha value is -2.29. The molecule has 0 unspecified atom stereocenters. The first kappa shape index (κ1) is 16.1. The summed E-state index contributed by atoms with van der Waals surface area (Å²) in [5.41, 5.74) is 4.17. The number of carbonyl (C=O) groups excluding carboxylic acids is 1. The average Bonchev–Trinajstić information content (AvgIpc) is 2.50. The number of carbonyl (C=O) groups is 1. The van der Waals surface area contributed by atoms with Crippen LogP contribution >= 0.6 is 0 Å². The van der Waals surface area contributed by atoms with Gasteiger partial charge in [0.25, 0.3) is 5.91 Å². The van der Waals surface area contributed by atoms with Gasteiger partial charge in [-0.15, -0.1) is 0 Å². The van der Waals surface area contributed by atoms with Gasteiger partial charge in [-0.05, 0) is 63.1 Å². The number of hydrogen-bond donors (Lipinski definition) is 1. The van der Waals surface area contributed by atoms with Crippen LogP contribution in [-0.2, 0) is 0 Å². The summed E-state index contributed by atoms with van der Waals surface area (Å²) in [6.45, 7) is 8.69. The van der Waals surface area contributed by atoms with Crippen molar-refractivity contribution >= 4 is 5.91 Å². The predicted molar refractivity (Wildman–Crippen MR) is 89.4 cm³/mol. The molecule has 0 aromatic heterocycles. The van der Waals surface area contributed by atoms with E-state index in [0.717, 1.165) is 11.3 Å². The maximum absolute atomic E-state index is 12.3. The van der Waals surface area contributed by atoms with Crippen molar-refractivity contribution < 1.29 is 9.53 Å². The summed E-state index contributed by atoms with van der Waals surface area (Å²) in [6.07, 6.45) is 0. The molecule has 0 spiro atoms.